The molecule has 2 aromatic rings. The minimum absolute atomic E-state index is 0.0203. The molecule has 6 nitrogen and oxygen atoms in total. The SMILES string of the molecule is CCC(=O)NC1CCC(N(C)C(=O)c2ccc(-c3ccc(C(N)=O)cc3)cc2)C1. The minimum Gasteiger partial charge on any atom is -0.366 e. The van der Waals surface area contributed by atoms with Crippen LogP contribution < -0.4 is 11.1 Å². The van der Waals surface area contributed by atoms with E-state index in [-0.39, 0.29) is 23.9 Å². The van der Waals surface area contributed by atoms with Crippen LogP contribution in [0.2, 0.25) is 0 Å². The predicted molar refractivity (Wildman–Crippen MR) is 112 cm³/mol. The van der Waals surface area contributed by atoms with Gasteiger partial charge in [0.2, 0.25) is 11.8 Å². The van der Waals surface area contributed by atoms with Gasteiger partial charge in [-0.1, -0.05) is 31.2 Å². The lowest BCUT2D eigenvalue weighted by molar-refractivity contribution is -0.121. The Hall–Kier alpha value is -3.15. The molecule has 3 N–H and O–H groups in total. The summed E-state index contributed by atoms with van der Waals surface area (Å²) in [5.74, 6) is -0.416. The fourth-order valence-corrected chi connectivity index (χ4v) is 3.77. The van der Waals surface area contributed by atoms with Gasteiger partial charge in [0.25, 0.3) is 5.91 Å². The van der Waals surface area contributed by atoms with E-state index in [4.69, 9.17) is 5.73 Å². The van der Waals surface area contributed by atoms with Crippen molar-refractivity contribution in [3.05, 3.63) is 59.7 Å². The standard InChI is InChI=1S/C23H27N3O3/c1-3-21(27)25-19-12-13-20(14-19)26(2)23(29)18-10-6-16(7-11-18)15-4-8-17(9-5-15)22(24)28/h4-11,19-20H,3,12-14H2,1-2H3,(H2,24,28)(H,25,27). The summed E-state index contributed by atoms with van der Waals surface area (Å²) in [5.41, 5.74) is 8.28. The van der Waals surface area contributed by atoms with Crippen molar-refractivity contribution in [2.24, 2.45) is 5.73 Å². The summed E-state index contributed by atoms with van der Waals surface area (Å²) in [5, 5.41) is 3.02. The summed E-state index contributed by atoms with van der Waals surface area (Å²) in [6.07, 6.45) is 3.06. The van der Waals surface area contributed by atoms with Gasteiger partial charge in [0.1, 0.15) is 0 Å². The predicted octanol–water partition coefficient (Wildman–Crippen LogP) is 2.97. The van der Waals surface area contributed by atoms with E-state index >= 15 is 0 Å². The molecule has 0 saturated heterocycles. The summed E-state index contributed by atoms with van der Waals surface area (Å²) in [6, 6.07) is 14.8. The van der Waals surface area contributed by atoms with Gasteiger partial charge in [-0.2, -0.15) is 0 Å². The average Bonchev–Trinajstić information content (AvgIpc) is 3.21. The molecule has 2 aromatic carbocycles. The quantitative estimate of drug-likeness (QED) is 0.790. The summed E-state index contributed by atoms with van der Waals surface area (Å²) < 4.78 is 0. The first-order valence-electron chi connectivity index (χ1n) is 9.96. The molecule has 2 unspecified atom stereocenters. The number of hydrogen-bond donors (Lipinski definition) is 2. The molecular formula is C23H27N3O3. The molecule has 0 heterocycles. The minimum atomic E-state index is -0.455. The number of nitrogens with zero attached hydrogens (tertiary/aromatic N) is 1. The molecule has 152 valence electrons. The van der Waals surface area contributed by atoms with Crippen LogP contribution in [0, 0.1) is 0 Å². The lowest BCUT2D eigenvalue weighted by atomic mass is 10.0. The highest BCUT2D eigenvalue weighted by Gasteiger charge is 2.30. The van der Waals surface area contributed by atoms with Crippen LogP contribution >= 0.6 is 0 Å². The topological polar surface area (TPSA) is 92.5 Å². The van der Waals surface area contributed by atoms with Crippen LogP contribution in [0.25, 0.3) is 11.1 Å². The van der Waals surface area contributed by atoms with Gasteiger partial charge in [-0.25, -0.2) is 0 Å². The molecule has 1 fully saturated rings. The summed E-state index contributed by atoms with van der Waals surface area (Å²) in [7, 11) is 1.83. The van der Waals surface area contributed by atoms with E-state index in [9.17, 15) is 14.4 Å². The van der Waals surface area contributed by atoms with Gasteiger partial charge >= 0.3 is 0 Å². The van der Waals surface area contributed by atoms with Gasteiger partial charge in [-0.3, -0.25) is 14.4 Å². The highest BCUT2D eigenvalue weighted by Crippen LogP contribution is 2.26. The Bertz CT molecular complexity index is 891. The van der Waals surface area contributed by atoms with E-state index in [1.807, 2.05) is 50.4 Å². The molecular weight excluding hydrogens is 366 g/mol. The molecule has 0 spiro atoms. The van der Waals surface area contributed by atoms with Crippen LogP contribution in [0.1, 0.15) is 53.3 Å². The van der Waals surface area contributed by atoms with Crippen molar-refractivity contribution >= 4 is 17.7 Å². The fraction of sp³-hybridized carbons (Fsp3) is 0.348. The first kappa shape index (κ1) is 20.6. The Balaban J connectivity index is 1.64. The lowest BCUT2D eigenvalue weighted by Crippen LogP contribution is -2.38. The molecule has 3 rings (SSSR count). The van der Waals surface area contributed by atoms with Crippen LogP contribution in [0.15, 0.2) is 48.5 Å². The first-order chi connectivity index (χ1) is 13.9. The van der Waals surface area contributed by atoms with Crippen molar-refractivity contribution in [2.75, 3.05) is 7.05 Å². The van der Waals surface area contributed by atoms with Gasteiger partial charge in [-0.05, 0) is 54.7 Å². The molecule has 2 atom stereocenters. The third-order valence-electron chi connectivity index (χ3n) is 5.59. The maximum Gasteiger partial charge on any atom is 0.253 e. The number of carbonyl (C=O) groups excluding carboxylic acids is 3. The molecule has 0 aliphatic heterocycles. The lowest BCUT2D eigenvalue weighted by Gasteiger charge is -2.25. The van der Waals surface area contributed by atoms with Gasteiger partial charge in [0, 0.05) is 36.7 Å². The van der Waals surface area contributed by atoms with Crippen LogP contribution in [-0.2, 0) is 4.79 Å². The number of carbonyl (C=O) groups is 3. The van der Waals surface area contributed by atoms with E-state index in [2.05, 4.69) is 5.32 Å². The third-order valence-corrected chi connectivity index (χ3v) is 5.59. The van der Waals surface area contributed by atoms with Crippen molar-refractivity contribution in [2.45, 2.75) is 44.7 Å². The molecule has 29 heavy (non-hydrogen) atoms. The molecule has 0 aromatic heterocycles. The second-order valence-corrected chi connectivity index (χ2v) is 7.52. The van der Waals surface area contributed by atoms with E-state index in [0.29, 0.717) is 17.5 Å². The Labute approximate surface area is 171 Å². The zero-order chi connectivity index (χ0) is 21.0. The van der Waals surface area contributed by atoms with Crippen LogP contribution in [0.4, 0.5) is 0 Å². The summed E-state index contributed by atoms with van der Waals surface area (Å²) in [6.45, 7) is 1.84. The fourth-order valence-electron chi connectivity index (χ4n) is 3.77. The number of nitrogens with one attached hydrogen (secondary N) is 1. The molecule has 1 saturated carbocycles. The van der Waals surface area contributed by atoms with Crippen LogP contribution in [0.3, 0.4) is 0 Å². The number of rotatable bonds is 6. The number of benzene rings is 2. The average molecular weight is 393 g/mol. The van der Waals surface area contributed by atoms with Crippen molar-refractivity contribution in [1.29, 1.82) is 0 Å². The summed E-state index contributed by atoms with van der Waals surface area (Å²) >= 11 is 0. The highest BCUT2D eigenvalue weighted by molar-refractivity contribution is 5.95. The Kier molecular flexibility index (Phi) is 6.32. The van der Waals surface area contributed by atoms with Gasteiger partial charge in [0.15, 0.2) is 0 Å². The molecule has 1 aliphatic carbocycles. The second-order valence-electron chi connectivity index (χ2n) is 7.52. The van der Waals surface area contributed by atoms with E-state index in [0.717, 1.165) is 30.4 Å². The van der Waals surface area contributed by atoms with Crippen molar-refractivity contribution in [3.8, 4) is 11.1 Å². The van der Waals surface area contributed by atoms with E-state index in [1.54, 1.807) is 17.0 Å². The number of primary amides is 1. The zero-order valence-electron chi connectivity index (χ0n) is 16.9. The van der Waals surface area contributed by atoms with Crippen molar-refractivity contribution in [3.63, 3.8) is 0 Å². The maximum absolute atomic E-state index is 12.9. The van der Waals surface area contributed by atoms with Gasteiger partial charge < -0.3 is 16.0 Å². The smallest absolute Gasteiger partial charge is 0.253 e. The van der Waals surface area contributed by atoms with Gasteiger partial charge in [-0.15, -0.1) is 0 Å². The number of nitrogens with two attached hydrogens (primary N) is 1. The molecule has 6 heteroatoms. The van der Waals surface area contributed by atoms with Crippen molar-refractivity contribution in [1.82, 2.24) is 10.2 Å². The van der Waals surface area contributed by atoms with Gasteiger partial charge in [0.05, 0.1) is 0 Å². The molecule has 0 radical (unpaired) electrons. The normalized spacial score (nSPS) is 18.3. The van der Waals surface area contributed by atoms with E-state index in [1.165, 1.54) is 0 Å². The monoisotopic (exact) mass is 393 g/mol. The Morgan fingerprint density at radius 1 is 0.966 bits per heavy atom. The largest absolute Gasteiger partial charge is 0.366 e. The Morgan fingerprint density at radius 3 is 2.03 bits per heavy atom. The first-order valence-corrected chi connectivity index (χ1v) is 9.96. The number of hydrogen-bond acceptors (Lipinski definition) is 3. The molecule has 3 amide bonds. The van der Waals surface area contributed by atoms with E-state index < -0.39 is 5.91 Å². The maximum atomic E-state index is 12.9. The van der Waals surface area contributed by atoms with Crippen LogP contribution in [0.5, 0.6) is 0 Å². The Morgan fingerprint density at radius 2 is 1.52 bits per heavy atom. The molecule has 0 bridgehead atoms. The highest BCUT2D eigenvalue weighted by atomic mass is 16.2. The van der Waals surface area contributed by atoms with Crippen molar-refractivity contribution < 1.29 is 14.4 Å². The van der Waals surface area contributed by atoms with Crippen LogP contribution in [-0.4, -0.2) is 41.8 Å². The third kappa shape index (κ3) is 4.83. The number of amides is 3. The second kappa shape index (κ2) is 8.90. The zero-order valence-corrected chi connectivity index (χ0v) is 16.9. The summed E-state index contributed by atoms with van der Waals surface area (Å²) in [4.78, 5) is 37.4. The molecule has 1 aliphatic rings.